The van der Waals surface area contributed by atoms with Gasteiger partial charge >= 0.3 is 0 Å². The number of aromatic nitrogens is 2. The smallest absolute Gasteiger partial charge is 0.106 e. The maximum Gasteiger partial charge on any atom is 0.106 e. The minimum atomic E-state index is 0.104. The number of anilines is 1. The van der Waals surface area contributed by atoms with Gasteiger partial charge in [0.1, 0.15) is 5.52 Å². The molecule has 0 atom stereocenters. The molecule has 0 amide bonds. The summed E-state index contributed by atoms with van der Waals surface area (Å²) in [5.41, 5.74) is 16.5. The van der Waals surface area contributed by atoms with Crippen LogP contribution in [-0.2, 0) is 0 Å². The Morgan fingerprint density at radius 2 is 2.18 bits per heavy atom. The Labute approximate surface area is 97.1 Å². The Morgan fingerprint density at radius 3 is 3.00 bits per heavy atom. The third-order valence-corrected chi connectivity index (χ3v) is 2.10. The van der Waals surface area contributed by atoms with Crippen LogP contribution in [0.4, 0.5) is 5.69 Å². The van der Waals surface area contributed by atoms with Gasteiger partial charge < -0.3 is 5.73 Å². The third kappa shape index (κ3) is 2.25. The van der Waals surface area contributed by atoms with Gasteiger partial charge in [0.2, 0.25) is 0 Å². The van der Waals surface area contributed by atoms with E-state index >= 15 is 0 Å². The van der Waals surface area contributed by atoms with Gasteiger partial charge in [0.05, 0.1) is 17.6 Å². The number of rotatable bonds is 1. The lowest BCUT2D eigenvalue weighted by molar-refractivity contribution is 1.25. The van der Waals surface area contributed by atoms with Crippen LogP contribution in [0.5, 0.6) is 0 Å². The molecule has 2 rings (SSSR count). The molecule has 0 bridgehead atoms. The van der Waals surface area contributed by atoms with Crippen molar-refractivity contribution < 1.29 is 0 Å². The molecule has 6 heteroatoms. The number of azide groups is 1. The molecule has 0 radical (unpaired) electrons. The molecule has 1 aromatic carbocycles. The lowest BCUT2D eigenvalue weighted by atomic mass is 10.1. The second-order valence-corrected chi connectivity index (χ2v) is 3.14. The summed E-state index contributed by atoms with van der Waals surface area (Å²) >= 11 is 0. The van der Waals surface area contributed by atoms with Crippen molar-refractivity contribution in [2.45, 2.75) is 0 Å². The van der Waals surface area contributed by atoms with Crippen molar-refractivity contribution in [1.29, 1.82) is 0 Å². The number of hydrogen-bond donors (Lipinski definition) is 1. The van der Waals surface area contributed by atoms with Crippen molar-refractivity contribution in [3.8, 4) is 11.8 Å². The Morgan fingerprint density at radius 1 is 1.35 bits per heavy atom. The van der Waals surface area contributed by atoms with Gasteiger partial charge in [-0.2, -0.15) is 0 Å². The predicted octanol–water partition coefficient (Wildman–Crippen LogP) is 1.87. The van der Waals surface area contributed by atoms with Crippen molar-refractivity contribution in [3.05, 3.63) is 40.5 Å². The van der Waals surface area contributed by atoms with Gasteiger partial charge in [0.15, 0.2) is 0 Å². The lowest BCUT2D eigenvalue weighted by Crippen LogP contribution is -1.94. The van der Waals surface area contributed by atoms with Crippen LogP contribution in [0.15, 0.2) is 29.6 Å². The minimum Gasteiger partial charge on any atom is -0.398 e. The molecule has 82 valence electrons. The zero-order valence-electron chi connectivity index (χ0n) is 8.83. The van der Waals surface area contributed by atoms with Gasteiger partial charge in [0, 0.05) is 23.0 Å². The van der Waals surface area contributed by atoms with Gasteiger partial charge in [0.25, 0.3) is 0 Å². The van der Waals surface area contributed by atoms with Crippen LogP contribution in [0.25, 0.3) is 21.5 Å². The maximum absolute atomic E-state index is 8.13. The molecule has 0 fully saturated rings. The fourth-order valence-electron chi connectivity index (χ4n) is 1.38. The maximum atomic E-state index is 8.13. The van der Waals surface area contributed by atoms with Gasteiger partial charge in [-0.1, -0.05) is 17.0 Å². The van der Waals surface area contributed by atoms with Gasteiger partial charge in [-0.15, -0.1) is 0 Å². The van der Waals surface area contributed by atoms with Crippen LogP contribution in [0.2, 0.25) is 0 Å². The number of nitrogens with zero attached hydrogens (tertiary/aromatic N) is 5. The summed E-state index contributed by atoms with van der Waals surface area (Å²) in [6.45, 7) is 0.104. The van der Waals surface area contributed by atoms with E-state index in [1.54, 1.807) is 24.5 Å². The molecule has 2 aromatic rings. The summed E-state index contributed by atoms with van der Waals surface area (Å²) in [5, 5.41) is 3.33. The SMILES string of the molecule is [N-]=[N+]=NCC#Cc1c(N)ccc2nccnc12. The molecule has 0 aliphatic carbocycles. The second-order valence-electron chi connectivity index (χ2n) is 3.14. The van der Waals surface area contributed by atoms with Crippen molar-refractivity contribution in [2.75, 3.05) is 12.3 Å². The van der Waals surface area contributed by atoms with Crippen LogP contribution in [0, 0.1) is 11.8 Å². The Balaban J connectivity index is 2.53. The van der Waals surface area contributed by atoms with E-state index < -0.39 is 0 Å². The first-order chi connectivity index (χ1) is 8.33. The van der Waals surface area contributed by atoms with Crippen LogP contribution in [-0.4, -0.2) is 16.5 Å². The third-order valence-electron chi connectivity index (χ3n) is 2.10. The van der Waals surface area contributed by atoms with Crippen LogP contribution < -0.4 is 5.73 Å². The second kappa shape index (κ2) is 4.84. The molecule has 0 unspecified atom stereocenters. The highest BCUT2D eigenvalue weighted by Gasteiger charge is 2.04. The normalized spacial score (nSPS) is 9.18. The fourth-order valence-corrected chi connectivity index (χ4v) is 1.38. The topological polar surface area (TPSA) is 101 Å². The first-order valence-corrected chi connectivity index (χ1v) is 4.82. The number of nitrogens with two attached hydrogens (primary N) is 1. The van der Waals surface area contributed by atoms with Crippen LogP contribution in [0.3, 0.4) is 0 Å². The van der Waals surface area contributed by atoms with Gasteiger partial charge in [-0.25, -0.2) is 0 Å². The summed E-state index contributed by atoms with van der Waals surface area (Å²) in [4.78, 5) is 11.0. The monoisotopic (exact) mass is 224 g/mol. The number of fused-ring (bicyclic) bond motifs is 1. The highest BCUT2D eigenvalue weighted by atomic mass is 15.1. The Bertz CT molecular complexity index is 660. The average Bonchev–Trinajstić information content (AvgIpc) is 2.37. The van der Waals surface area contributed by atoms with Crippen LogP contribution in [0.1, 0.15) is 5.56 Å². The standard InChI is InChI=1S/C11H8N6/c12-9-3-4-10-11(15-7-6-14-10)8(9)2-1-5-16-17-13/h3-4,6-7H,5,12H2. The summed E-state index contributed by atoms with van der Waals surface area (Å²) in [6, 6.07) is 3.52. The van der Waals surface area contributed by atoms with Crippen LogP contribution >= 0.6 is 0 Å². The predicted molar refractivity (Wildman–Crippen MR) is 64.8 cm³/mol. The summed E-state index contributed by atoms with van der Waals surface area (Å²) in [7, 11) is 0. The van der Waals surface area contributed by atoms with E-state index in [-0.39, 0.29) is 6.54 Å². The molecule has 0 aliphatic heterocycles. The minimum absolute atomic E-state index is 0.104. The summed E-state index contributed by atoms with van der Waals surface area (Å²) < 4.78 is 0. The fraction of sp³-hybridized carbons (Fsp3) is 0.0909. The largest absolute Gasteiger partial charge is 0.398 e. The highest BCUT2D eigenvalue weighted by molar-refractivity contribution is 5.86. The Hall–Kier alpha value is -2.77. The quantitative estimate of drug-likeness (QED) is 0.263. The van der Waals surface area contributed by atoms with E-state index in [9.17, 15) is 0 Å². The molecule has 2 N–H and O–H groups in total. The zero-order valence-corrected chi connectivity index (χ0v) is 8.83. The zero-order chi connectivity index (χ0) is 12.1. The highest BCUT2D eigenvalue weighted by Crippen LogP contribution is 2.19. The molecule has 0 saturated heterocycles. The van der Waals surface area contributed by atoms with E-state index in [1.807, 2.05) is 0 Å². The van der Waals surface area contributed by atoms with E-state index in [0.29, 0.717) is 16.8 Å². The lowest BCUT2D eigenvalue weighted by Gasteiger charge is -2.01. The summed E-state index contributed by atoms with van der Waals surface area (Å²) in [6.07, 6.45) is 3.19. The van der Waals surface area contributed by atoms with Crippen molar-refractivity contribution in [3.63, 3.8) is 0 Å². The van der Waals surface area contributed by atoms with E-state index in [0.717, 1.165) is 5.52 Å². The first kappa shape index (κ1) is 10.7. The van der Waals surface area contributed by atoms with Crippen molar-refractivity contribution in [2.24, 2.45) is 5.11 Å². The molecule has 0 spiro atoms. The molecule has 1 heterocycles. The van der Waals surface area contributed by atoms with E-state index in [4.69, 9.17) is 11.3 Å². The average molecular weight is 224 g/mol. The molecule has 17 heavy (non-hydrogen) atoms. The van der Waals surface area contributed by atoms with E-state index in [1.165, 1.54) is 0 Å². The molecular formula is C11H8N6. The van der Waals surface area contributed by atoms with Gasteiger partial charge in [-0.3, -0.25) is 9.97 Å². The molecular weight excluding hydrogens is 216 g/mol. The number of benzene rings is 1. The van der Waals surface area contributed by atoms with Crippen molar-refractivity contribution >= 4 is 16.7 Å². The molecule has 0 aliphatic rings. The molecule has 1 aromatic heterocycles. The van der Waals surface area contributed by atoms with Crippen molar-refractivity contribution in [1.82, 2.24) is 9.97 Å². The van der Waals surface area contributed by atoms with E-state index in [2.05, 4.69) is 31.8 Å². The molecule has 0 saturated carbocycles. The van der Waals surface area contributed by atoms with Gasteiger partial charge in [-0.05, 0) is 17.7 Å². The first-order valence-electron chi connectivity index (χ1n) is 4.82. The Kier molecular flexibility index (Phi) is 3.05. The molecule has 6 nitrogen and oxygen atoms in total. The number of nitrogen functional groups attached to an aromatic ring is 1. The number of hydrogen-bond acceptors (Lipinski definition) is 4. The summed E-state index contributed by atoms with van der Waals surface area (Å²) in [5.74, 6) is 5.57.